The number of nitrogens with zero attached hydrogens (tertiary/aromatic N) is 3. The van der Waals surface area contributed by atoms with E-state index in [1.54, 1.807) is 17.1 Å². The van der Waals surface area contributed by atoms with E-state index in [4.69, 9.17) is 4.74 Å². The van der Waals surface area contributed by atoms with Gasteiger partial charge in [-0.15, -0.1) is 0 Å². The van der Waals surface area contributed by atoms with Gasteiger partial charge < -0.3 is 15.0 Å². The van der Waals surface area contributed by atoms with Crippen LogP contribution in [0.4, 0.5) is 5.69 Å². The predicted octanol–water partition coefficient (Wildman–Crippen LogP) is 3.39. The van der Waals surface area contributed by atoms with E-state index in [-0.39, 0.29) is 18.4 Å². The first-order valence-electron chi connectivity index (χ1n) is 10.1. The van der Waals surface area contributed by atoms with E-state index < -0.39 is 0 Å². The standard InChI is InChI=1S/C24H24N4O3/c1-31-17-23(29)26-21-15-25-28(16-21)22-9-5-8-20(14-22)24(30)27-12-10-19(11-13-27)18-6-3-2-4-7-18/h2-10,14-16H,11-13,17H2,1H3,(H,26,29). The smallest absolute Gasteiger partial charge is 0.254 e. The van der Waals surface area contributed by atoms with Crippen molar-refractivity contribution in [3.8, 4) is 5.69 Å². The molecule has 2 aromatic carbocycles. The van der Waals surface area contributed by atoms with Crippen LogP contribution in [-0.2, 0) is 9.53 Å². The number of benzene rings is 2. The SMILES string of the molecule is COCC(=O)Nc1cnn(-c2cccc(C(=O)N3CC=C(c4ccccc4)CC3)c2)c1. The van der Waals surface area contributed by atoms with Crippen LogP contribution in [0.25, 0.3) is 11.3 Å². The fraction of sp³-hybridized carbons (Fsp3) is 0.208. The highest BCUT2D eigenvalue weighted by atomic mass is 16.5. The molecular formula is C24H24N4O3. The van der Waals surface area contributed by atoms with Crippen LogP contribution in [0.5, 0.6) is 0 Å². The molecule has 0 aliphatic carbocycles. The van der Waals surface area contributed by atoms with E-state index in [0.29, 0.717) is 24.3 Å². The average molecular weight is 416 g/mol. The highest BCUT2D eigenvalue weighted by Gasteiger charge is 2.20. The normalized spacial score (nSPS) is 13.6. The van der Waals surface area contributed by atoms with Crippen molar-refractivity contribution in [3.05, 3.63) is 84.2 Å². The molecule has 1 aliphatic rings. The summed E-state index contributed by atoms with van der Waals surface area (Å²) in [6.45, 7) is 1.25. The van der Waals surface area contributed by atoms with Gasteiger partial charge in [0, 0.05) is 25.8 Å². The lowest BCUT2D eigenvalue weighted by molar-refractivity contribution is -0.119. The van der Waals surface area contributed by atoms with Gasteiger partial charge in [0.15, 0.2) is 0 Å². The van der Waals surface area contributed by atoms with E-state index in [1.165, 1.54) is 18.2 Å². The van der Waals surface area contributed by atoms with Gasteiger partial charge in [-0.25, -0.2) is 4.68 Å². The molecule has 0 atom stereocenters. The molecule has 2 heterocycles. The molecule has 1 aromatic heterocycles. The third-order valence-electron chi connectivity index (χ3n) is 5.14. The van der Waals surface area contributed by atoms with Crippen molar-refractivity contribution in [3.63, 3.8) is 0 Å². The fourth-order valence-electron chi connectivity index (χ4n) is 3.59. The van der Waals surface area contributed by atoms with E-state index >= 15 is 0 Å². The summed E-state index contributed by atoms with van der Waals surface area (Å²) in [7, 11) is 1.46. The third-order valence-corrected chi connectivity index (χ3v) is 5.14. The Balaban J connectivity index is 1.45. The average Bonchev–Trinajstić information content (AvgIpc) is 3.28. The number of methoxy groups -OCH3 is 1. The molecule has 0 spiro atoms. The van der Waals surface area contributed by atoms with Crippen molar-refractivity contribution >= 4 is 23.1 Å². The molecule has 0 bridgehead atoms. The Morgan fingerprint density at radius 1 is 1.13 bits per heavy atom. The number of carbonyl (C=O) groups excluding carboxylic acids is 2. The van der Waals surface area contributed by atoms with Gasteiger partial charge in [-0.2, -0.15) is 5.10 Å². The van der Waals surface area contributed by atoms with Gasteiger partial charge in [0.1, 0.15) is 6.61 Å². The van der Waals surface area contributed by atoms with Gasteiger partial charge in [0.05, 0.1) is 23.8 Å². The minimum atomic E-state index is -0.251. The maximum atomic E-state index is 13.0. The molecule has 1 aliphatic heterocycles. The molecule has 2 amide bonds. The number of hydrogen-bond acceptors (Lipinski definition) is 4. The van der Waals surface area contributed by atoms with Gasteiger partial charge in [0.25, 0.3) is 5.91 Å². The highest BCUT2D eigenvalue weighted by molar-refractivity contribution is 5.95. The van der Waals surface area contributed by atoms with Gasteiger partial charge in [-0.1, -0.05) is 42.5 Å². The second-order valence-corrected chi connectivity index (χ2v) is 7.30. The molecule has 3 aromatic rings. The van der Waals surface area contributed by atoms with E-state index in [1.807, 2.05) is 47.4 Å². The van der Waals surface area contributed by atoms with E-state index in [2.05, 4.69) is 28.6 Å². The van der Waals surface area contributed by atoms with Crippen LogP contribution in [0.1, 0.15) is 22.3 Å². The first-order chi connectivity index (χ1) is 15.1. The number of hydrogen-bond donors (Lipinski definition) is 1. The number of anilines is 1. The van der Waals surface area contributed by atoms with E-state index in [9.17, 15) is 9.59 Å². The lowest BCUT2D eigenvalue weighted by Crippen LogP contribution is -2.34. The van der Waals surface area contributed by atoms with Crippen molar-refractivity contribution in [2.45, 2.75) is 6.42 Å². The Labute approximate surface area is 180 Å². The molecule has 0 unspecified atom stereocenters. The van der Waals surface area contributed by atoms with Gasteiger partial charge >= 0.3 is 0 Å². The molecule has 4 rings (SSSR count). The number of amides is 2. The molecule has 1 N–H and O–H groups in total. The van der Waals surface area contributed by atoms with Gasteiger partial charge in [0.2, 0.25) is 5.91 Å². The minimum Gasteiger partial charge on any atom is -0.375 e. The zero-order chi connectivity index (χ0) is 21.6. The molecule has 31 heavy (non-hydrogen) atoms. The fourth-order valence-corrected chi connectivity index (χ4v) is 3.59. The van der Waals surface area contributed by atoms with Crippen LogP contribution >= 0.6 is 0 Å². The summed E-state index contributed by atoms with van der Waals surface area (Å²) in [4.78, 5) is 26.6. The molecule has 0 saturated heterocycles. The number of carbonyl (C=O) groups is 2. The Morgan fingerprint density at radius 2 is 1.97 bits per heavy atom. The Bertz CT molecular complexity index is 1100. The van der Waals surface area contributed by atoms with Gasteiger partial charge in [-0.3, -0.25) is 9.59 Å². The Hall–Kier alpha value is -3.71. The molecule has 7 heteroatoms. The number of aromatic nitrogens is 2. The van der Waals surface area contributed by atoms with Crippen molar-refractivity contribution in [1.29, 1.82) is 0 Å². The first-order valence-corrected chi connectivity index (χ1v) is 10.1. The number of rotatable bonds is 6. The maximum absolute atomic E-state index is 13.0. The highest BCUT2D eigenvalue weighted by Crippen LogP contribution is 2.23. The second-order valence-electron chi connectivity index (χ2n) is 7.30. The topological polar surface area (TPSA) is 76.5 Å². The third kappa shape index (κ3) is 4.90. The Kier molecular flexibility index (Phi) is 6.24. The zero-order valence-corrected chi connectivity index (χ0v) is 17.3. The maximum Gasteiger partial charge on any atom is 0.254 e. The largest absolute Gasteiger partial charge is 0.375 e. The zero-order valence-electron chi connectivity index (χ0n) is 17.3. The Morgan fingerprint density at radius 3 is 2.71 bits per heavy atom. The molecule has 0 saturated carbocycles. The van der Waals surface area contributed by atoms with Crippen LogP contribution in [0.3, 0.4) is 0 Å². The van der Waals surface area contributed by atoms with Crippen molar-refractivity contribution in [2.75, 3.05) is 32.1 Å². The predicted molar refractivity (Wildman–Crippen MR) is 119 cm³/mol. The van der Waals surface area contributed by atoms with E-state index in [0.717, 1.165) is 12.1 Å². The van der Waals surface area contributed by atoms with Crippen LogP contribution in [0, 0.1) is 0 Å². The van der Waals surface area contributed by atoms with Crippen LogP contribution in [0.15, 0.2) is 73.1 Å². The molecular weight excluding hydrogens is 392 g/mol. The molecule has 0 fully saturated rings. The van der Waals surface area contributed by atoms with Crippen LogP contribution < -0.4 is 5.32 Å². The van der Waals surface area contributed by atoms with Crippen LogP contribution in [-0.4, -0.2) is 53.3 Å². The number of ether oxygens (including phenoxy) is 1. The monoisotopic (exact) mass is 416 g/mol. The van der Waals surface area contributed by atoms with Gasteiger partial charge in [-0.05, 0) is 35.8 Å². The van der Waals surface area contributed by atoms with Crippen molar-refractivity contribution in [2.24, 2.45) is 0 Å². The quantitative estimate of drug-likeness (QED) is 0.668. The molecule has 7 nitrogen and oxygen atoms in total. The summed E-state index contributed by atoms with van der Waals surface area (Å²) in [5.41, 5.74) is 4.40. The lowest BCUT2D eigenvalue weighted by atomic mass is 9.99. The lowest BCUT2D eigenvalue weighted by Gasteiger charge is -2.27. The summed E-state index contributed by atoms with van der Waals surface area (Å²) in [5.74, 6) is -0.259. The summed E-state index contributed by atoms with van der Waals surface area (Å²) in [6.07, 6.45) is 6.22. The summed E-state index contributed by atoms with van der Waals surface area (Å²) < 4.78 is 6.44. The summed E-state index contributed by atoms with van der Waals surface area (Å²) >= 11 is 0. The minimum absolute atomic E-state index is 0.00834. The van der Waals surface area contributed by atoms with Crippen LogP contribution in [0.2, 0.25) is 0 Å². The van der Waals surface area contributed by atoms with Crippen molar-refractivity contribution < 1.29 is 14.3 Å². The summed E-state index contributed by atoms with van der Waals surface area (Å²) in [6, 6.07) is 17.6. The van der Waals surface area contributed by atoms with Crippen molar-refractivity contribution in [1.82, 2.24) is 14.7 Å². The molecule has 158 valence electrons. The summed E-state index contributed by atoms with van der Waals surface area (Å²) in [5, 5.41) is 6.99. The second kappa shape index (κ2) is 9.40. The first kappa shape index (κ1) is 20.6. The molecule has 0 radical (unpaired) electrons. The number of nitrogens with one attached hydrogen (secondary N) is 1.